The minimum Gasteiger partial charge on any atom is -0.384 e. The van der Waals surface area contributed by atoms with E-state index in [9.17, 15) is 5.11 Å². The van der Waals surface area contributed by atoms with Gasteiger partial charge in [-0.25, -0.2) is 9.67 Å². The molecule has 0 bridgehead atoms. The number of nitrogens with zero attached hydrogens (tertiary/aromatic N) is 6. The fraction of sp³-hybridized carbons (Fsp3) is 0.379. The molecule has 1 atom stereocenters. The van der Waals surface area contributed by atoms with Gasteiger partial charge >= 0.3 is 0 Å². The lowest BCUT2D eigenvalue weighted by Crippen LogP contribution is -2.27. The number of fused-ring (bicyclic) bond motifs is 3. The van der Waals surface area contributed by atoms with E-state index in [0.29, 0.717) is 16.8 Å². The fourth-order valence-corrected chi connectivity index (χ4v) is 6.06. The van der Waals surface area contributed by atoms with E-state index in [-0.39, 0.29) is 6.04 Å². The zero-order valence-electron chi connectivity index (χ0n) is 22.0. The Balaban J connectivity index is 1.72. The Kier molecular flexibility index (Phi) is 6.21. The van der Waals surface area contributed by atoms with E-state index in [0.717, 1.165) is 64.9 Å². The van der Waals surface area contributed by atoms with Crippen molar-refractivity contribution in [1.82, 2.24) is 29.5 Å². The number of rotatable bonds is 5. The molecule has 8 nitrogen and oxygen atoms in total. The normalized spacial score (nSPS) is 15.9. The SMILES string of the molecule is Cc1nnn(C)c1-c1cnc2c3c(Cl)nc(C(C)(C)O)cc3n([C@H](c3ccccc3)C3CCOCC3)c2c1. The minimum absolute atomic E-state index is 0.0102. The third-order valence-electron chi connectivity index (χ3n) is 7.61. The van der Waals surface area contributed by atoms with E-state index in [1.165, 1.54) is 5.56 Å². The Hall–Kier alpha value is -3.33. The molecule has 196 valence electrons. The van der Waals surface area contributed by atoms with Gasteiger partial charge in [-0.2, -0.15) is 0 Å². The lowest BCUT2D eigenvalue weighted by molar-refractivity contribution is 0.0552. The molecule has 0 saturated carbocycles. The Labute approximate surface area is 226 Å². The van der Waals surface area contributed by atoms with Crippen LogP contribution in [0.25, 0.3) is 33.2 Å². The Morgan fingerprint density at radius 1 is 1.11 bits per heavy atom. The van der Waals surface area contributed by atoms with Crippen molar-refractivity contribution in [3.8, 4) is 11.3 Å². The van der Waals surface area contributed by atoms with Gasteiger partial charge in [-0.1, -0.05) is 47.1 Å². The highest BCUT2D eigenvalue weighted by Crippen LogP contribution is 2.43. The summed E-state index contributed by atoms with van der Waals surface area (Å²) in [5, 5.41) is 20.5. The number of ether oxygens (including phenoxy) is 1. The van der Waals surface area contributed by atoms with Gasteiger partial charge < -0.3 is 14.4 Å². The van der Waals surface area contributed by atoms with Gasteiger partial charge in [-0.05, 0) is 57.2 Å². The molecule has 1 N–H and O–H groups in total. The van der Waals surface area contributed by atoms with Crippen LogP contribution in [0.2, 0.25) is 5.15 Å². The highest BCUT2D eigenvalue weighted by molar-refractivity contribution is 6.36. The standard InChI is InChI=1S/C29H31ClN6O2/c1-17-26(35(4)34-33-17)20-14-22-25(31-16-20)24-21(15-23(29(2,3)37)32-28(24)30)36(22)27(18-8-6-5-7-9-18)19-10-12-38-13-11-19/h5-9,14-16,19,27,37H,10-13H2,1-4H3/t27-/m1/s1. The molecule has 1 aliphatic rings. The summed E-state index contributed by atoms with van der Waals surface area (Å²) >= 11 is 6.87. The molecule has 1 aromatic carbocycles. The average molecular weight is 531 g/mol. The van der Waals surface area contributed by atoms with E-state index in [4.69, 9.17) is 21.3 Å². The molecule has 6 rings (SSSR count). The van der Waals surface area contributed by atoms with E-state index >= 15 is 0 Å². The number of hydrogen-bond acceptors (Lipinski definition) is 6. The van der Waals surface area contributed by atoms with Crippen molar-refractivity contribution in [3.05, 3.63) is 70.8 Å². The fourth-order valence-electron chi connectivity index (χ4n) is 5.78. The van der Waals surface area contributed by atoms with Gasteiger partial charge in [0, 0.05) is 32.0 Å². The first-order valence-electron chi connectivity index (χ1n) is 13.0. The molecular weight excluding hydrogens is 500 g/mol. The van der Waals surface area contributed by atoms with Crippen LogP contribution in [0, 0.1) is 12.8 Å². The van der Waals surface area contributed by atoms with Gasteiger partial charge in [0.2, 0.25) is 0 Å². The third-order valence-corrected chi connectivity index (χ3v) is 7.88. The van der Waals surface area contributed by atoms with Crippen molar-refractivity contribution in [2.75, 3.05) is 13.2 Å². The lowest BCUT2D eigenvalue weighted by Gasteiger charge is -2.33. The van der Waals surface area contributed by atoms with Gasteiger partial charge in [-0.3, -0.25) is 4.98 Å². The summed E-state index contributed by atoms with van der Waals surface area (Å²) in [6.07, 6.45) is 3.73. The second-order valence-corrected chi connectivity index (χ2v) is 11.0. The predicted molar refractivity (Wildman–Crippen MR) is 148 cm³/mol. The van der Waals surface area contributed by atoms with Crippen LogP contribution in [0.1, 0.15) is 49.7 Å². The second-order valence-electron chi connectivity index (χ2n) is 10.7. The molecule has 9 heteroatoms. The number of aliphatic hydroxyl groups is 1. The largest absolute Gasteiger partial charge is 0.384 e. The monoisotopic (exact) mass is 530 g/mol. The molecule has 0 aliphatic carbocycles. The molecule has 1 saturated heterocycles. The van der Waals surface area contributed by atoms with Gasteiger partial charge in [-0.15, -0.1) is 5.10 Å². The number of hydrogen-bond donors (Lipinski definition) is 1. The molecule has 1 aliphatic heterocycles. The smallest absolute Gasteiger partial charge is 0.141 e. The highest BCUT2D eigenvalue weighted by atomic mass is 35.5. The van der Waals surface area contributed by atoms with Crippen LogP contribution in [-0.2, 0) is 17.4 Å². The summed E-state index contributed by atoms with van der Waals surface area (Å²) in [5.41, 5.74) is 5.89. The first-order chi connectivity index (χ1) is 18.2. The molecule has 0 spiro atoms. The van der Waals surface area contributed by atoms with Crippen molar-refractivity contribution in [1.29, 1.82) is 0 Å². The van der Waals surface area contributed by atoms with Gasteiger partial charge in [0.25, 0.3) is 0 Å². The molecule has 5 aromatic rings. The molecule has 0 amide bonds. The quantitative estimate of drug-likeness (QED) is 0.298. The number of halogens is 1. The topological polar surface area (TPSA) is 90.9 Å². The van der Waals surface area contributed by atoms with Crippen molar-refractivity contribution >= 4 is 33.5 Å². The molecular formula is C29H31ClN6O2. The summed E-state index contributed by atoms with van der Waals surface area (Å²) < 4.78 is 9.89. The van der Waals surface area contributed by atoms with E-state index < -0.39 is 5.60 Å². The first kappa shape index (κ1) is 25.0. The van der Waals surface area contributed by atoms with Crippen molar-refractivity contribution in [2.45, 2.75) is 45.3 Å². The molecule has 4 aromatic heterocycles. The zero-order chi connectivity index (χ0) is 26.6. The maximum Gasteiger partial charge on any atom is 0.141 e. The highest BCUT2D eigenvalue weighted by Gasteiger charge is 2.32. The van der Waals surface area contributed by atoms with Crippen molar-refractivity contribution in [2.24, 2.45) is 13.0 Å². The summed E-state index contributed by atoms with van der Waals surface area (Å²) in [5.74, 6) is 0.339. The van der Waals surface area contributed by atoms with Gasteiger partial charge in [0.1, 0.15) is 10.8 Å². The molecule has 0 unspecified atom stereocenters. The maximum absolute atomic E-state index is 10.9. The van der Waals surface area contributed by atoms with Gasteiger partial charge in [0.15, 0.2) is 0 Å². The number of aryl methyl sites for hydroxylation is 2. The van der Waals surface area contributed by atoms with Crippen LogP contribution in [0.15, 0.2) is 48.7 Å². The van der Waals surface area contributed by atoms with Crippen LogP contribution < -0.4 is 0 Å². The van der Waals surface area contributed by atoms with Crippen LogP contribution in [0.3, 0.4) is 0 Å². The van der Waals surface area contributed by atoms with E-state index in [1.54, 1.807) is 18.5 Å². The summed E-state index contributed by atoms with van der Waals surface area (Å²) in [4.78, 5) is 9.54. The first-order valence-corrected chi connectivity index (χ1v) is 13.3. The average Bonchev–Trinajstić information content (AvgIpc) is 3.41. The van der Waals surface area contributed by atoms with E-state index in [1.807, 2.05) is 32.3 Å². The van der Waals surface area contributed by atoms with Crippen LogP contribution in [-0.4, -0.2) is 47.8 Å². The molecule has 38 heavy (non-hydrogen) atoms. The molecule has 5 heterocycles. The molecule has 0 radical (unpaired) electrons. The van der Waals surface area contributed by atoms with Crippen molar-refractivity contribution < 1.29 is 9.84 Å². The van der Waals surface area contributed by atoms with Crippen LogP contribution >= 0.6 is 11.6 Å². The van der Waals surface area contributed by atoms with Crippen molar-refractivity contribution in [3.63, 3.8) is 0 Å². The lowest BCUT2D eigenvalue weighted by atomic mass is 9.86. The van der Waals surface area contributed by atoms with E-state index in [2.05, 4.69) is 50.2 Å². The summed E-state index contributed by atoms with van der Waals surface area (Å²) in [6, 6.07) is 14.7. The molecule has 1 fully saturated rings. The Bertz CT molecular complexity index is 1610. The Morgan fingerprint density at radius 3 is 2.50 bits per heavy atom. The number of pyridine rings is 2. The zero-order valence-corrected chi connectivity index (χ0v) is 22.8. The maximum atomic E-state index is 10.9. The second kappa shape index (κ2) is 9.45. The third kappa shape index (κ3) is 4.17. The number of benzene rings is 1. The predicted octanol–water partition coefficient (Wildman–Crippen LogP) is 5.59. The minimum atomic E-state index is -1.16. The summed E-state index contributed by atoms with van der Waals surface area (Å²) in [7, 11) is 1.89. The Morgan fingerprint density at radius 2 is 1.84 bits per heavy atom. The summed E-state index contributed by atoms with van der Waals surface area (Å²) in [6.45, 7) is 6.86. The van der Waals surface area contributed by atoms with Crippen LogP contribution in [0.5, 0.6) is 0 Å². The van der Waals surface area contributed by atoms with Gasteiger partial charge in [0.05, 0.1) is 45.1 Å². The van der Waals surface area contributed by atoms with Crippen LogP contribution in [0.4, 0.5) is 0 Å². The number of aromatic nitrogens is 6.